The van der Waals surface area contributed by atoms with E-state index in [0.717, 1.165) is 49.2 Å². The van der Waals surface area contributed by atoms with E-state index in [1.807, 2.05) is 0 Å². The molecule has 0 saturated carbocycles. The summed E-state index contributed by atoms with van der Waals surface area (Å²) in [5.74, 6) is 1.48. The predicted molar refractivity (Wildman–Crippen MR) is 130 cm³/mol. The Morgan fingerprint density at radius 1 is 1.09 bits per heavy atom. The maximum Gasteiger partial charge on any atom is 0.255 e. The Hall–Kier alpha value is -3.24. The molecular formula is C24H28FN5O3S. The fraction of sp³-hybridized carbons (Fsp3) is 0.375. The molecule has 0 radical (unpaired) electrons. The standard InChI is InChI=1S/C24H28FN5O3S/c1-32-19-7-8-20(21(16-19)33-2)23(31)26-9-10-29-11-13-30(14-12-29)24-27-22(28-34-24)15-17-3-5-18(25)6-4-17/h3-8,16H,9-15H2,1-2H3,(H,26,31). The van der Waals surface area contributed by atoms with Crippen LogP contribution in [0, 0.1) is 5.82 Å². The van der Waals surface area contributed by atoms with E-state index < -0.39 is 0 Å². The molecule has 1 aliphatic rings. The van der Waals surface area contributed by atoms with Gasteiger partial charge in [0.25, 0.3) is 5.91 Å². The Bertz CT molecular complexity index is 1100. The van der Waals surface area contributed by atoms with Crippen molar-refractivity contribution in [3.63, 3.8) is 0 Å². The summed E-state index contributed by atoms with van der Waals surface area (Å²) >= 11 is 1.40. The van der Waals surface area contributed by atoms with Crippen LogP contribution in [0.4, 0.5) is 9.52 Å². The maximum absolute atomic E-state index is 13.1. The molecule has 10 heteroatoms. The third kappa shape index (κ3) is 6.00. The lowest BCUT2D eigenvalue weighted by Gasteiger charge is -2.34. The highest BCUT2D eigenvalue weighted by atomic mass is 32.1. The van der Waals surface area contributed by atoms with E-state index in [2.05, 4.69) is 24.5 Å². The van der Waals surface area contributed by atoms with Gasteiger partial charge in [0.15, 0.2) is 0 Å². The minimum absolute atomic E-state index is 0.166. The SMILES string of the molecule is COc1ccc(C(=O)NCCN2CCN(c3nc(Cc4ccc(F)cc4)ns3)CC2)c(OC)c1. The number of carbonyl (C=O) groups is 1. The third-order valence-corrected chi connectivity index (χ3v) is 6.56. The van der Waals surface area contributed by atoms with Crippen molar-refractivity contribution < 1.29 is 18.7 Å². The monoisotopic (exact) mass is 485 g/mol. The lowest BCUT2D eigenvalue weighted by atomic mass is 10.1. The van der Waals surface area contributed by atoms with Crippen molar-refractivity contribution in [2.75, 3.05) is 58.4 Å². The quantitative estimate of drug-likeness (QED) is 0.499. The summed E-state index contributed by atoms with van der Waals surface area (Å²) < 4.78 is 28.1. The molecule has 1 amide bonds. The van der Waals surface area contributed by atoms with Crippen LogP contribution in [0.5, 0.6) is 11.5 Å². The summed E-state index contributed by atoms with van der Waals surface area (Å²) in [5, 5.41) is 3.89. The molecule has 2 heterocycles. The number of piperazine rings is 1. The number of ether oxygens (including phenoxy) is 2. The number of carbonyl (C=O) groups excluding carboxylic acids is 1. The van der Waals surface area contributed by atoms with Gasteiger partial charge in [-0.15, -0.1) is 0 Å². The van der Waals surface area contributed by atoms with E-state index in [4.69, 9.17) is 9.47 Å². The van der Waals surface area contributed by atoms with Gasteiger partial charge in [0.2, 0.25) is 5.13 Å². The van der Waals surface area contributed by atoms with Gasteiger partial charge in [-0.2, -0.15) is 4.37 Å². The topological polar surface area (TPSA) is 79.8 Å². The highest BCUT2D eigenvalue weighted by Gasteiger charge is 2.20. The zero-order chi connectivity index (χ0) is 23.9. The molecule has 0 unspecified atom stereocenters. The van der Waals surface area contributed by atoms with Crippen LogP contribution in [-0.4, -0.2) is 73.7 Å². The summed E-state index contributed by atoms with van der Waals surface area (Å²) in [4.78, 5) is 21.8. The molecule has 4 rings (SSSR count). The molecule has 1 fully saturated rings. The van der Waals surface area contributed by atoms with Gasteiger partial charge < -0.3 is 19.7 Å². The van der Waals surface area contributed by atoms with Crippen LogP contribution in [0.1, 0.15) is 21.7 Å². The van der Waals surface area contributed by atoms with Crippen LogP contribution in [0.3, 0.4) is 0 Å². The van der Waals surface area contributed by atoms with Crippen molar-refractivity contribution in [1.82, 2.24) is 19.6 Å². The molecule has 3 aromatic rings. The number of amides is 1. The van der Waals surface area contributed by atoms with Gasteiger partial charge in [0.1, 0.15) is 23.1 Å². The lowest BCUT2D eigenvalue weighted by molar-refractivity contribution is 0.0944. The average Bonchev–Trinajstić information content (AvgIpc) is 3.33. The molecule has 0 spiro atoms. The maximum atomic E-state index is 13.1. The van der Waals surface area contributed by atoms with Crippen LogP contribution < -0.4 is 19.7 Å². The number of hydrogen-bond donors (Lipinski definition) is 1. The van der Waals surface area contributed by atoms with Crippen molar-refractivity contribution in [1.29, 1.82) is 0 Å². The van der Waals surface area contributed by atoms with E-state index >= 15 is 0 Å². The Balaban J connectivity index is 1.21. The molecule has 1 aliphatic heterocycles. The number of anilines is 1. The fourth-order valence-corrected chi connectivity index (χ4v) is 4.54. The fourth-order valence-electron chi connectivity index (χ4n) is 3.80. The highest BCUT2D eigenvalue weighted by Crippen LogP contribution is 2.24. The van der Waals surface area contributed by atoms with Crippen LogP contribution in [0.25, 0.3) is 0 Å². The molecular weight excluding hydrogens is 457 g/mol. The van der Waals surface area contributed by atoms with E-state index in [9.17, 15) is 9.18 Å². The molecule has 0 bridgehead atoms. The number of methoxy groups -OCH3 is 2. The normalized spacial score (nSPS) is 14.1. The molecule has 2 aromatic carbocycles. The second-order valence-electron chi connectivity index (χ2n) is 7.95. The summed E-state index contributed by atoms with van der Waals surface area (Å²) in [5.41, 5.74) is 1.48. The molecule has 1 saturated heterocycles. The van der Waals surface area contributed by atoms with Crippen molar-refractivity contribution in [3.8, 4) is 11.5 Å². The first-order valence-corrected chi connectivity index (χ1v) is 11.9. The van der Waals surface area contributed by atoms with Crippen LogP contribution >= 0.6 is 11.5 Å². The van der Waals surface area contributed by atoms with Gasteiger partial charge in [-0.3, -0.25) is 9.69 Å². The largest absolute Gasteiger partial charge is 0.497 e. The van der Waals surface area contributed by atoms with Crippen molar-refractivity contribution in [2.45, 2.75) is 6.42 Å². The van der Waals surface area contributed by atoms with Gasteiger partial charge in [0.05, 0.1) is 19.8 Å². The first kappa shape index (κ1) is 23.9. The Morgan fingerprint density at radius 3 is 2.56 bits per heavy atom. The van der Waals surface area contributed by atoms with E-state index in [1.165, 1.54) is 30.8 Å². The summed E-state index contributed by atoms with van der Waals surface area (Å²) in [7, 11) is 3.11. The van der Waals surface area contributed by atoms with Crippen molar-refractivity contribution in [3.05, 3.63) is 65.2 Å². The number of benzene rings is 2. The summed E-state index contributed by atoms with van der Waals surface area (Å²) in [6.45, 7) is 4.79. The number of rotatable bonds is 9. The van der Waals surface area contributed by atoms with E-state index in [0.29, 0.717) is 30.0 Å². The minimum Gasteiger partial charge on any atom is -0.497 e. The van der Waals surface area contributed by atoms with Crippen molar-refractivity contribution >= 4 is 22.6 Å². The Labute approximate surface area is 202 Å². The molecule has 0 atom stereocenters. The molecule has 34 heavy (non-hydrogen) atoms. The third-order valence-electron chi connectivity index (χ3n) is 5.74. The zero-order valence-corrected chi connectivity index (χ0v) is 20.1. The lowest BCUT2D eigenvalue weighted by Crippen LogP contribution is -2.48. The van der Waals surface area contributed by atoms with Crippen LogP contribution in [0.2, 0.25) is 0 Å². The van der Waals surface area contributed by atoms with Gasteiger partial charge >= 0.3 is 0 Å². The minimum atomic E-state index is -0.242. The van der Waals surface area contributed by atoms with Gasteiger partial charge in [-0.25, -0.2) is 9.37 Å². The highest BCUT2D eigenvalue weighted by molar-refractivity contribution is 7.09. The summed E-state index contributed by atoms with van der Waals surface area (Å²) in [6.07, 6.45) is 0.593. The van der Waals surface area contributed by atoms with Gasteiger partial charge in [-0.1, -0.05) is 12.1 Å². The molecule has 180 valence electrons. The first-order valence-electron chi connectivity index (χ1n) is 11.1. The second kappa shape index (κ2) is 11.3. The first-order chi connectivity index (χ1) is 16.6. The molecule has 1 aromatic heterocycles. The van der Waals surface area contributed by atoms with Gasteiger partial charge in [-0.05, 0) is 29.8 Å². The number of halogens is 1. The predicted octanol–water partition coefficient (Wildman–Crippen LogP) is 2.84. The Morgan fingerprint density at radius 2 is 1.85 bits per heavy atom. The number of hydrogen-bond acceptors (Lipinski definition) is 8. The van der Waals surface area contributed by atoms with Crippen molar-refractivity contribution in [2.24, 2.45) is 0 Å². The van der Waals surface area contributed by atoms with E-state index in [1.54, 1.807) is 37.4 Å². The number of nitrogens with one attached hydrogen (secondary N) is 1. The smallest absolute Gasteiger partial charge is 0.255 e. The number of aromatic nitrogens is 2. The summed E-state index contributed by atoms with van der Waals surface area (Å²) in [6, 6.07) is 11.6. The molecule has 8 nitrogen and oxygen atoms in total. The van der Waals surface area contributed by atoms with Crippen LogP contribution in [0.15, 0.2) is 42.5 Å². The average molecular weight is 486 g/mol. The second-order valence-corrected chi connectivity index (χ2v) is 8.68. The molecule has 1 N–H and O–H groups in total. The van der Waals surface area contributed by atoms with Crippen LogP contribution in [-0.2, 0) is 6.42 Å². The Kier molecular flexibility index (Phi) is 7.91. The number of nitrogens with zero attached hydrogens (tertiary/aromatic N) is 4. The zero-order valence-electron chi connectivity index (χ0n) is 19.3. The van der Waals surface area contributed by atoms with E-state index in [-0.39, 0.29) is 11.7 Å². The van der Waals surface area contributed by atoms with Gasteiger partial charge in [0, 0.05) is 63.3 Å². The molecule has 0 aliphatic carbocycles.